The summed E-state index contributed by atoms with van der Waals surface area (Å²) < 4.78 is 0. The second kappa shape index (κ2) is 10.2. The maximum absolute atomic E-state index is 12.7. The van der Waals surface area contributed by atoms with Crippen LogP contribution in [-0.4, -0.2) is 48.3 Å². The van der Waals surface area contributed by atoms with Gasteiger partial charge in [-0.25, -0.2) is 0 Å². The van der Waals surface area contributed by atoms with E-state index in [-0.39, 0.29) is 24.9 Å². The summed E-state index contributed by atoms with van der Waals surface area (Å²) in [5, 5.41) is 4.98. The normalized spacial score (nSPS) is 10.8. The van der Waals surface area contributed by atoms with E-state index in [1.54, 1.807) is 34.3 Å². The molecule has 0 aliphatic heterocycles. The number of likely N-dealkylation sites (N-methyl/N-ethyl adjacent to an activating group) is 1. The van der Waals surface area contributed by atoms with E-state index < -0.39 is 0 Å². The first-order valence-electron chi connectivity index (χ1n) is 9.27. The van der Waals surface area contributed by atoms with Crippen molar-refractivity contribution in [3.63, 3.8) is 0 Å². The van der Waals surface area contributed by atoms with Gasteiger partial charge < -0.3 is 10.2 Å². The van der Waals surface area contributed by atoms with Gasteiger partial charge in [-0.3, -0.25) is 14.5 Å². The van der Waals surface area contributed by atoms with Crippen LogP contribution in [0.4, 0.5) is 5.69 Å². The quantitative estimate of drug-likeness (QED) is 0.653. The summed E-state index contributed by atoms with van der Waals surface area (Å²) in [7, 11) is 1.78. The number of hydrogen-bond acceptors (Lipinski definition) is 4. The van der Waals surface area contributed by atoms with Crippen LogP contribution in [0.25, 0.3) is 0 Å². The van der Waals surface area contributed by atoms with Crippen LogP contribution in [0.15, 0.2) is 42.3 Å². The standard InChI is InChI=1S/C22H29N3O2S/c1-6-9-25(13-19-8-7-10-28-19)21(27)15-24(5)14-20(26)23-22-17(3)11-16(2)12-18(22)4/h6-8,10-12H,1,9,13-15H2,2-5H3,(H,23,26). The molecule has 0 aliphatic carbocycles. The SMILES string of the molecule is C=CCN(Cc1cccs1)C(=O)CN(C)CC(=O)Nc1c(C)cc(C)cc1C. The Balaban J connectivity index is 1.92. The zero-order chi connectivity index (χ0) is 20.7. The fourth-order valence-electron chi connectivity index (χ4n) is 3.19. The van der Waals surface area contributed by atoms with Gasteiger partial charge in [-0.15, -0.1) is 17.9 Å². The number of anilines is 1. The lowest BCUT2D eigenvalue weighted by molar-refractivity contribution is -0.132. The lowest BCUT2D eigenvalue weighted by atomic mass is 10.1. The maximum Gasteiger partial charge on any atom is 0.238 e. The number of hydrogen-bond donors (Lipinski definition) is 1. The van der Waals surface area contributed by atoms with Crippen LogP contribution in [0.3, 0.4) is 0 Å². The molecule has 28 heavy (non-hydrogen) atoms. The van der Waals surface area contributed by atoms with Gasteiger partial charge in [-0.05, 0) is 50.4 Å². The molecular weight excluding hydrogens is 370 g/mol. The molecule has 0 bridgehead atoms. The van der Waals surface area contributed by atoms with E-state index in [1.165, 1.54) is 5.56 Å². The molecule has 6 heteroatoms. The number of benzene rings is 1. The molecule has 0 radical (unpaired) electrons. The first kappa shape index (κ1) is 21.9. The largest absolute Gasteiger partial charge is 0.333 e. The Morgan fingerprint density at radius 1 is 1.18 bits per heavy atom. The molecule has 0 spiro atoms. The van der Waals surface area contributed by atoms with Gasteiger partial charge >= 0.3 is 0 Å². The molecule has 1 N–H and O–H groups in total. The lowest BCUT2D eigenvalue weighted by Crippen LogP contribution is -2.41. The predicted molar refractivity (Wildman–Crippen MR) is 117 cm³/mol. The van der Waals surface area contributed by atoms with Gasteiger partial charge in [-0.1, -0.05) is 29.8 Å². The molecule has 1 aromatic carbocycles. The Hall–Kier alpha value is -2.44. The van der Waals surface area contributed by atoms with Crippen LogP contribution in [0.1, 0.15) is 21.6 Å². The molecule has 0 unspecified atom stereocenters. The Morgan fingerprint density at radius 3 is 2.43 bits per heavy atom. The predicted octanol–water partition coefficient (Wildman–Crippen LogP) is 3.76. The molecule has 5 nitrogen and oxygen atoms in total. The topological polar surface area (TPSA) is 52.7 Å². The van der Waals surface area contributed by atoms with E-state index in [0.717, 1.165) is 21.7 Å². The van der Waals surface area contributed by atoms with Crippen LogP contribution in [0.2, 0.25) is 0 Å². The van der Waals surface area contributed by atoms with E-state index in [4.69, 9.17) is 0 Å². The molecular formula is C22H29N3O2S. The maximum atomic E-state index is 12.7. The van der Waals surface area contributed by atoms with Gasteiger partial charge in [0.2, 0.25) is 11.8 Å². The van der Waals surface area contributed by atoms with Crippen molar-refractivity contribution < 1.29 is 9.59 Å². The Labute approximate surface area is 171 Å². The van der Waals surface area contributed by atoms with Crippen LogP contribution in [0, 0.1) is 20.8 Å². The number of rotatable bonds is 9. The first-order valence-corrected chi connectivity index (χ1v) is 10.2. The van der Waals surface area contributed by atoms with Crippen molar-refractivity contribution >= 4 is 28.8 Å². The van der Waals surface area contributed by atoms with Gasteiger partial charge in [-0.2, -0.15) is 0 Å². The number of aryl methyl sites for hydroxylation is 3. The average molecular weight is 400 g/mol. The smallest absolute Gasteiger partial charge is 0.238 e. The molecule has 150 valence electrons. The van der Waals surface area contributed by atoms with Crippen LogP contribution in [-0.2, 0) is 16.1 Å². The summed E-state index contributed by atoms with van der Waals surface area (Å²) in [6.45, 7) is 11.1. The first-order chi connectivity index (χ1) is 13.3. The van der Waals surface area contributed by atoms with Gasteiger partial charge in [0.25, 0.3) is 0 Å². The third-order valence-corrected chi connectivity index (χ3v) is 5.25. The van der Waals surface area contributed by atoms with Crippen LogP contribution in [0.5, 0.6) is 0 Å². The summed E-state index contributed by atoms with van der Waals surface area (Å²) in [6, 6.07) is 8.08. The highest BCUT2D eigenvalue weighted by Gasteiger charge is 2.17. The number of thiophene rings is 1. The van der Waals surface area contributed by atoms with Crippen LogP contribution >= 0.6 is 11.3 Å². The number of carbonyl (C=O) groups excluding carboxylic acids is 2. The molecule has 0 saturated carbocycles. The third-order valence-electron chi connectivity index (χ3n) is 4.39. The van der Waals surface area contributed by atoms with E-state index >= 15 is 0 Å². The van der Waals surface area contributed by atoms with Crippen molar-refractivity contribution in [1.29, 1.82) is 0 Å². The van der Waals surface area contributed by atoms with Gasteiger partial charge in [0, 0.05) is 17.1 Å². The summed E-state index contributed by atoms with van der Waals surface area (Å²) in [5.74, 6) is -0.148. The zero-order valence-electron chi connectivity index (χ0n) is 17.1. The molecule has 1 heterocycles. The Kier molecular flexibility index (Phi) is 7.96. The fraction of sp³-hybridized carbons (Fsp3) is 0.364. The molecule has 2 aromatic rings. The van der Waals surface area contributed by atoms with Crippen LogP contribution < -0.4 is 5.32 Å². The molecule has 2 amide bonds. The van der Waals surface area contributed by atoms with Crippen molar-refractivity contribution in [2.75, 3.05) is 32.0 Å². The number of amides is 2. The number of carbonyl (C=O) groups is 2. The highest BCUT2D eigenvalue weighted by molar-refractivity contribution is 7.09. The Bertz CT molecular complexity index is 807. The monoisotopic (exact) mass is 399 g/mol. The van der Waals surface area contributed by atoms with Crippen molar-refractivity contribution in [2.24, 2.45) is 0 Å². The summed E-state index contributed by atoms with van der Waals surface area (Å²) in [6.07, 6.45) is 1.72. The number of nitrogens with zero attached hydrogens (tertiary/aromatic N) is 2. The molecule has 0 saturated heterocycles. The summed E-state index contributed by atoms with van der Waals surface area (Å²) in [5.41, 5.74) is 4.10. The highest BCUT2D eigenvalue weighted by atomic mass is 32.1. The van der Waals surface area contributed by atoms with E-state index in [9.17, 15) is 9.59 Å². The van der Waals surface area contributed by atoms with E-state index in [0.29, 0.717) is 13.1 Å². The minimum Gasteiger partial charge on any atom is -0.333 e. The zero-order valence-corrected chi connectivity index (χ0v) is 17.9. The molecule has 0 fully saturated rings. The Morgan fingerprint density at radius 2 is 1.86 bits per heavy atom. The van der Waals surface area contributed by atoms with Gasteiger partial charge in [0.1, 0.15) is 0 Å². The van der Waals surface area contributed by atoms with Crippen molar-refractivity contribution in [1.82, 2.24) is 9.80 Å². The average Bonchev–Trinajstić information content (AvgIpc) is 3.10. The summed E-state index contributed by atoms with van der Waals surface area (Å²) in [4.78, 5) is 29.7. The van der Waals surface area contributed by atoms with E-state index in [2.05, 4.69) is 11.9 Å². The minimum atomic E-state index is -0.126. The number of nitrogens with one attached hydrogen (secondary N) is 1. The molecule has 2 rings (SSSR count). The highest BCUT2D eigenvalue weighted by Crippen LogP contribution is 2.21. The fourth-order valence-corrected chi connectivity index (χ4v) is 3.91. The van der Waals surface area contributed by atoms with Gasteiger partial charge in [0.15, 0.2) is 0 Å². The van der Waals surface area contributed by atoms with Crippen molar-refractivity contribution in [2.45, 2.75) is 27.3 Å². The lowest BCUT2D eigenvalue weighted by Gasteiger charge is -2.24. The second-order valence-electron chi connectivity index (χ2n) is 7.14. The molecule has 0 atom stereocenters. The second-order valence-corrected chi connectivity index (χ2v) is 8.17. The molecule has 0 aliphatic rings. The van der Waals surface area contributed by atoms with E-state index in [1.807, 2.05) is 50.4 Å². The summed E-state index contributed by atoms with van der Waals surface area (Å²) >= 11 is 1.62. The van der Waals surface area contributed by atoms with Gasteiger partial charge in [0.05, 0.1) is 19.6 Å². The minimum absolute atomic E-state index is 0.0219. The van der Waals surface area contributed by atoms with Crippen molar-refractivity contribution in [3.8, 4) is 0 Å². The van der Waals surface area contributed by atoms with Crippen molar-refractivity contribution in [3.05, 3.63) is 63.9 Å². The molecule has 1 aromatic heterocycles. The third kappa shape index (κ3) is 6.32.